The van der Waals surface area contributed by atoms with Crippen LogP contribution in [0.2, 0.25) is 0 Å². The van der Waals surface area contributed by atoms with Gasteiger partial charge >= 0.3 is 0 Å². The maximum atomic E-state index is 12.4. The number of likely N-dealkylation sites (N-methyl/N-ethyl adjacent to an activating group) is 1. The molecule has 0 bridgehead atoms. The molecule has 0 saturated carbocycles. The van der Waals surface area contributed by atoms with Crippen molar-refractivity contribution in [2.75, 3.05) is 39.7 Å². The molecule has 0 aliphatic heterocycles. The number of hydrogen-bond donors (Lipinski definition) is 1. The molecule has 0 unspecified atom stereocenters. The molecule has 0 spiro atoms. The molecule has 5 nitrogen and oxygen atoms in total. The van der Waals surface area contributed by atoms with E-state index in [-0.39, 0.29) is 5.91 Å². The van der Waals surface area contributed by atoms with E-state index in [2.05, 4.69) is 5.32 Å². The molecule has 6 heteroatoms. The minimum absolute atomic E-state index is 0.196. The van der Waals surface area contributed by atoms with Gasteiger partial charge in [0.1, 0.15) is 23.0 Å². The molecule has 0 aliphatic carbocycles. The van der Waals surface area contributed by atoms with Gasteiger partial charge in [0.05, 0.1) is 12.8 Å². The first-order valence-corrected chi connectivity index (χ1v) is 8.20. The first-order valence-electron chi connectivity index (χ1n) is 7.32. The highest BCUT2D eigenvalue weighted by molar-refractivity contribution is 7.12. The van der Waals surface area contributed by atoms with Crippen molar-refractivity contribution in [2.45, 2.75) is 6.92 Å². The number of methoxy groups -OCH3 is 1. The maximum absolute atomic E-state index is 12.4. The van der Waals surface area contributed by atoms with Crippen molar-refractivity contribution < 1.29 is 14.3 Å². The van der Waals surface area contributed by atoms with Gasteiger partial charge in [-0.15, -0.1) is 11.3 Å². The smallest absolute Gasteiger partial charge is 0.269 e. The van der Waals surface area contributed by atoms with Crippen LogP contribution in [-0.2, 0) is 0 Å². The summed E-state index contributed by atoms with van der Waals surface area (Å²) < 4.78 is 11.0. The van der Waals surface area contributed by atoms with Crippen LogP contribution < -0.4 is 14.8 Å². The number of hydrogen-bond acceptors (Lipinski definition) is 5. The molecule has 0 saturated heterocycles. The molecule has 124 valence electrons. The lowest BCUT2D eigenvalue weighted by molar-refractivity contribution is 0.102. The molecule has 1 aromatic heterocycles. The van der Waals surface area contributed by atoms with Crippen LogP contribution >= 0.6 is 11.3 Å². The number of carbonyl (C=O) groups excluding carboxylic acids is 1. The van der Waals surface area contributed by atoms with E-state index in [1.807, 2.05) is 49.5 Å². The van der Waals surface area contributed by atoms with E-state index >= 15 is 0 Å². The molecule has 0 radical (unpaired) electrons. The first kappa shape index (κ1) is 17.3. The molecule has 0 atom stereocenters. The summed E-state index contributed by atoms with van der Waals surface area (Å²) in [6.45, 7) is 3.36. The molecule has 1 aromatic carbocycles. The number of nitrogens with one attached hydrogen (secondary N) is 1. The average molecular weight is 334 g/mol. The molecular weight excluding hydrogens is 312 g/mol. The zero-order valence-corrected chi connectivity index (χ0v) is 14.7. The molecule has 1 N–H and O–H groups in total. The molecule has 0 aliphatic rings. The Bertz CT molecular complexity index is 668. The van der Waals surface area contributed by atoms with Crippen molar-refractivity contribution >= 4 is 22.9 Å². The quantitative estimate of drug-likeness (QED) is 0.844. The number of carbonyl (C=O) groups is 1. The van der Waals surface area contributed by atoms with Crippen LogP contribution in [-0.4, -0.2) is 45.2 Å². The van der Waals surface area contributed by atoms with Gasteiger partial charge in [-0.05, 0) is 50.2 Å². The van der Waals surface area contributed by atoms with Crippen LogP contribution in [0.15, 0.2) is 29.6 Å². The SMILES string of the molecule is COc1ccsc1C(=O)Nc1ccc(C)cc1OCCN(C)C. The van der Waals surface area contributed by atoms with Crippen molar-refractivity contribution in [3.8, 4) is 11.5 Å². The zero-order valence-electron chi connectivity index (χ0n) is 13.9. The summed E-state index contributed by atoms with van der Waals surface area (Å²) in [6.07, 6.45) is 0. The number of rotatable bonds is 7. The highest BCUT2D eigenvalue weighted by atomic mass is 32.1. The summed E-state index contributed by atoms with van der Waals surface area (Å²) >= 11 is 1.35. The van der Waals surface area contributed by atoms with E-state index in [4.69, 9.17) is 9.47 Å². The van der Waals surface area contributed by atoms with Gasteiger partial charge in [-0.25, -0.2) is 0 Å². The van der Waals surface area contributed by atoms with Gasteiger partial charge in [0.2, 0.25) is 0 Å². The van der Waals surface area contributed by atoms with E-state index < -0.39 is 0 Å². The average Bonchev–Trinajstić information content (AvgIpc) is 2.98. The predicted octanol–water partition coefficient (Wildman–Crippen LogP) is 3.26. The number of ether oxygens (including phenoxy) is 2. The second kappa shape index (κ2) is 7.99. The Balaban J connectivity index is 2.14. The van der Waals surface area contributed by atoms with Gasteiger partial charge in [0, 0.05) is 6.54 Å². The number of nitrogens with zero attached hydrogens (tertiary/aromatic N) is 1. The molecular formula is C17H22N2O3S. The second-order valence-corrected chi connectivity index (χ2v) is 6.34. The fourth-order valence-electron chi connectivity index (χ4n) is 1.99. The predicted molar refractivity (Wildman–Crippen MR) is 94.1 cm³/mol. The van der Waals surface area contributed by atoms with Gasteiger partial charge in [-0.3, -0.25) is 4.79 Å². The lowest BCUT2D eigenvalue weighted by Crippen LogP contribution is -2.20. The molecule has 2 rings (SSSR count). The zero-order chi connectivity index (χ0) is 16.8. The van der Waals surface area contributed by atoms with Gasteiger partial charge in [0.15, 0.2) is 0 Å². The van der Waals surface area contributed by atoms with Crippen LogP contribution in [0, 0.1) is 6.92 Å². The lowest BCUT2D eigenvalue weighted by Gasteiger charge is -2.15. The summed E-state index contributed by atoms with van der Waals surface area (Å²) in [4.78, 5) is 15.0. The van der Waals surface area contributed by atoms with E-state index in [1.54, 1.807) is 13.2 Å². The minimum Gasteiger partial charge on any atom is -0.495 e. The number of amides is 1. The second-order valence-electron chi connectivity index (χ2n) is 5.42. The summed E-state index contributed by atoms with van der Waals surface area (Å²) in [5.74, 6) is 1.06. The summed E-state index contributed by atoms with van der Waals surface area (Å²) in [5, 5.41) is 4.74. The van der Waals surface area contributed by atoms with Gasteiger partial charge in [-0.2, -0.15) is 0 Å². The summed E-state index contributed by atoms with van der Waals surface area (Å²) in [5.41, 5.74) is 1.74. The third kappa shape index (κ3) is 4.71. The summed E-state index contributed by atoms with van der Waals surface area (Å²) in [7, 11) is 5.54. The van der Waals surface area contributed by atoms with Crippen LogP contribution in [0.3, 0.4) is 0 Å². The van der Waals surface area contributed by atoms with Crippen LogP contribution in [0.25, 0.3) is 0 Å². The largest absolute Gasteiger partial charge is 0.495 e. The van der Waals surface area contributed by atoms with Crippen molar-refractivity contribution in [1.82, 2.24) is 4.90 Å². The fourth-order valence-corrected chi connectivity index (χ4v) is 2.75. The number of thiophene rings is 1. The van der Waals surface area contributed by atoms with Gasteiger partial charge in [-0.1, -0.05) is 6.07 Å². The van der Waals surface area contributed by atoms with Gasteiger partial charge in [0.25, 0.3) is 5.91 Å². The van der Waals surface area contributed by atoms with E-state index in [0.717, 1.165) is 12.1 Å². The fraction of sp³-hybridized carbons (Fsp3) is 0.353. The van der Waals surface area contributed by atoms with Crippen molar-refractivity contribution in [3.05, 3.63) is 40.1 Å². The Morgan fingerprint density at radius 3 is 2.74 bits per heavy atom. The lowest BCUT2D eigenvalue weighted by atomic mass is 10.2. The van der Waals surface area contributed by atoms with Crippen molar-refractivity contribution in [2.24, 2.45) is 0 Å². The molecule has 23 heavy (non-hydrogen) atoms. The third-order valence-corrected chi connectivity index (χ3v) is 4.13. The van der Waals surface area contributed by atoms with Crippen LogP contribution in [0.1, 0.15) is 15.2 Å². The van der Waals surface area contributed by atoms with Gasteiger partial charge < -0.3 is 19.7 Å². The number of anilines is 1. The highest BCUT2D eigenvalue weighted by Gasteiger charge is 2.16. The first-order chi connectivity index (χ1) is 11.0. The number of aryl methyl sites for hydroxylation is 1. The van der Waals surface area contributed by atoms with Crippen molar-refractivity contribution in [1.29, 1.82) is 0 Å². The Hall–Kier alpha value is -2.05. The Labute approximate surface area is 140 Å². The Morgan fingerprint density at radius 1 is 1.26 bits per heavy atom. The highest BCUT2D eigenvalue weighted by Crippen LogP contribution is 2.29. The topological polar surface area (TPSA) is 50.8 Å². The molecule has 2 aromatic rings. The van der Waals surface area contributed by atoms with Crippen LogP contribution in [0.5, 0.6) is 11.5 Å². The van der Waals surface area contributed by atoms with E-state index in [9.17, 15) is 4.79 Å². The number of benzene rings is 1. The summed E-state index contributed by atoms with van der Waals surface area (Å²) in [6, 6.07) is 7.51. The minimum atomic E-state index is -0.196. The Kier molecular flexibility index (Phi) is 6.01. The molecule has 1 amide bonds. The third-order valence-electron chi connectivity index (χ3n) is 3.24. The molecule has 0 fully saturated rings. The maximum Gasteiger partial charge on any atom is 0.269 e. The van der Waals surface area contributed by atoms with Crippen molar-refractivity contribution in [3.63, 3.8) is 0 Å². The standard InChI is InChI=1S/C17H22N2O3S/c1-12-5-6-13(15(11-12)22-9-8-19(2)3)18-17(20)16-14(21-4)7-10-23-16/h5-7,10-11H,8-9H2,1-4H3,(H,18,20). The van der Waals surface area contributed by atoms with E-state index in [1.165, 1.54) is 11.3 Å². The van der Waals surface area contributed by atoms with Crippen LogP contribution in [0.4, 0.5) is 5.69 Å². The Morgan fingerprint density at radius 2 is 2.04 bits per heavy atom. The normalized spacial score (nSPS) is 10.7. The molecule has 1 heterocycles. The monoisotopic (exact) mass is 334 g/mol. The van der Waals surface area contributed by atoms with E-state index in [0.29, 0.717) is 28.7 Å².